The van der Waals surface area contributed by atoms with E-state index >= 15 is 0 Å². The number of halogens is 1. The van der Waals surface area contributed by atoms with Gasteiger partial charge in [0.05, 0.1) is 24.3 Å². The lowest BCUT2D eigenvalue weighted by molar-refractivity contribution is 0.0895. The van der Waals surface area contributed by atoms with Crippen LogP contribution in [0.2, 0.25) is 0 Å². The number of ether oxygens (including phenoxy) is 1. The molecular weight excluding hydrogens is 252 g/mol. The summed E-state index contributed by atoms with van der Waals surface area (Å²) in [6.07, 6.45) is 0.638. The smallest absolute Gasteiger partial charge is 0.251 e. The molecule has 0 saturated carbocycles. The molecule has 1 aromatic rings. The molecule has 1 aromatic carbocycles. The van der Waals surface area contributed by atoms with Crippen LogP contribution in [0.25, 0.3) is 0 Å². The Labute approximate surface area is 112 Å². The van der Waals surface area contributed by atoms with Crippen LogP contribution in [0.1, 0.15) is 22.3 Å². The molecular formula is C13H15ClN2O2. The van der Waals surface area contributed by atoms with Gasteiger partial charge in [-0.2, -0.15) is 5.26 Å². The number of benzene rings is 1. The first-order chi connectivity index (χ1) is 8.71. The quantitative estimate of drug-likeness (QED) is 0.801. The molecule has 0 aliphatic rings. The van der Waals surface area contributed by atoms with Crippen molar-refractivity contribution >= 4 is 17.5 Å². The molecule has 18 heavy (non-hydrogen) atoms. The highest BCUT2D eigenvalue weighted by molar-refractivity contribution is 6.17. The monoisotopic (exact) mass is 266 g/mol. The third kappa shape index (κ3) is 4.36. The highest BCUT2D eigenvalue weighted by Crippen LogP contribution is 2.05. The number of methoxy groups -OCH3 is 1. The summed E-state index contributed by atoms with van der Waals surface area (Å²) in [6.45, 7) is 0.413. The predicted molar refractivity (Wildman–Crippen MR) is 69.6 cm³/mol. The lowest BCUT2D eigenvalue weighted by atomic mass is 10.1. The minimum atomic E-state index is -0.223. The molecule has 1 N–H and O–H groups in total. The Morgan fingerprint density at radius 1 is 1.61 bits per heavy atom. The van der Waals surface area contributed by atoms with E-state index in [1.165, 1.54) is 0 Å². The molecule has 1 rings (SSSR count). The number of hydrogen-bond acceptors (Lipinski definition) is 3. The summed E-state index contributed by atoms with van der Waals surface area (Å²) in [5.74, 6) is 0.228. The number of alkyl halides is 1. The zero-order chi connectivity index (χ0) is 13.4. The maximum absolute atomic E-state index is 12.0. The molecule has 0 bridgehead atoms. The molecule has 96 valence electrons. The van der Waals surface area contributed by atoms with Gasteiger partial charge in [-0.1, -0.05) is 6.07 Å². The van der Waals surface area contributed by atoms with E-state index in [9.17, 15) is 4.79 Å². The summed E-state index contributed by atoms with van der Waals surface area (Å²) in [4.78, 5) is 12.0. The molecule has 4 nitrogen and oxygen atoms in total. The van der Waals surface area contributed by atoms with E-state index in [1.807, 2.05) is 6.07 Å². The van der Waals surface area contributed by atoms with Gasteiger partial charge in [0.15, 0.2) is 0 Å². The fourth-order valence-electron chi connectivity index (χ4n) is 1.53. The van der Waals surface area contributed by atoms with Crippen molar-refractivity contribution in [3.05, 3.63) is 35.4 Å². The van der Waals surface area contributed by atoms with Gasteiger partial charge < -0.3 is 10.1 Å². The van der Waals surface area contributed by atoms with Gasteiger partial charge in [0.25, 0.3) is 5.91 Å². The molecule has 0 fully saturated rings. The van der Waals surface area contributed by atoms with Crippen LogP contribution < -0.4 is 5.32 Å². The summed E-state index contributed by atoms with van der Waals surface area (Å²) in [6, 6.07) is 8.44. The molecule has 0 saturated heterocycles. The minimum absolute atomic E-state index is 0.120. The maximum atomic E-state index is 12.0. The Morgan fingerprint density at radius 3 is 3.00 bits per heavy atom. The van der Waals surface area contributed by atoms with Crippen LogP contribution in [-0.4, -0.2) is 31.5 Å². The first kappa shape index (κ1) is 14.5. The average Bonchev–Trinajstić information content (AvgIpc) is 2.39. The van der Waals surface area contributed by atoms with Crippen molar-refractivity contribution < 1.29 is 9.53 Å². The number of amides is 1. The molecule has 0 aromatic heterocycles. The van der Waals surface area contributed by atoms with E-state index in [0.717, 1.165) is 0 Å². The first-order valence-electron chi connectivity index (χ1n) is 5.57. The minimum Gasteiger partial charge on any atom is -0.383 e. The highest BCUT2D eigenvalue weighted by Gasteiger charge is 2.13. The predicted octanol–water partition coefficient (Wildman–Crippen LogP) is 1.93. The van der Waals surface area contributed by atoms with Crippen molar-refractivity contribution in [1.82, 2.24) is 5.32 Å². The van der Waals surface area contributed by atoms with E-state index in [2.05, 4.69) is 5.32 Å². The molecule has 0 spiro atoms. The van der Waals surface area contributed by atoms with E-state index in [4.69, 9.17) is 21.6 Å². The fourth-order valence-corrected chi connectivity index (χ4v) is 1.79. The molecule has 0 radical (unpaired) electrons. The third-order valence-corrected chi connectivity index (χ3v) is 2.63. The number of carbonyl (C=O) groups excluding carboxylic acids is 1. The van der Waals surface area contributed by atoms with Crippen LogP contribution in [0, 0.1) is 11.3 Å². The first-order valence-corrected chi connectivity index (χ1v) is 6.10. The summed E-state index contributed by atoms with van der Waals surface area (Å²) < 4.78 is 5.01. The van der Waals surface area contributed by atoms with Crippen LogP contribution in [0.15, 0.2) is 24.3 Å². The number of carbonyl (C=O) groups is 1. The second-order valence-electron chi connectivity index (χ2n) is 3.80. The van der Waals surface area contributed by atoms with Gasteiger partial charge in [-0.3, -0.25) is 4.79 Å². The van der Waals surface area contributed by atoms with Crippen LogP contribution in [0.4, 0.5) is 0 Å². The van der Waals surface area contributed by atoms with Gasteiger partial charge in [-0.25, -0.2) is 0 Å². The summed E-state index contributed by atoms with van der Waals surface area (Å²) >= 11 is 5.66. The molecule has 0 heterocycles. The van der Waals surface area contributed by atoms with Crippen molar-refractivity contribution in [2.24, 2.45) is 0 Å². The van der Waals surface area contributed by atoms with E-state index in [0.29, 0.717) is 30.0 Å². The Bertz CT molecular complexity index is 437. The van der Waals surface area contributed by atoms with Crippen LogP contribution in [0.3, 0.4) is 0 Å². The number of rotatable bonds is 6. The number of nitrogens with one attached hydrogen (secondary N) is 1. The number of nitrogens with zero attached hydrogens (tertiary/aromatic N) is 1. The molecule has 1 unspecified atom stereocenters. The lowest BCUT2D eigenvalue weighted by Gasteiger charge is -2.16. The Hall–Kier alpha value is -1.57. The van der Waals surface area contributed by atoms with E-state index < -0.39 is 0 Å². The highest BCUT2D eigenvalue weighted by atomic mass is 35.5. The van der Waals surface area contributed by atoms with Crippen LogP contribution >= 0.6 is 11.6 Å². The second-order valence-corrected chi connectivity index (χ2v) is 4.17. The summed E-state index contributed by atoms with van der Waals surface area (Å²) in [7, 11) is 1.57. The molecule has 0 aliphatic carbocycles. The van der Waals surface area contributed by atoms with Gasteiger partial charge in [0.2, 0.25) is 0 Å². The maximum Gasteiger partial charge on any atom is 0.251 e. The topological polar surface area (TPSA) is 62.1 Å². The number of nitriles is 1. The van der Waals surface area contributed by atoms with Gasteiger partial charge in [0, 0.05) is 18.6 Å². The van der Waals surface area contributed by atoms with Gasteiger partial charge >= 0.3 is 0 Å². The molecule has 1 atom stereocenters. The third-order valence-electron chi connectivity index (χ3n) is 2.41. The Morgan fingerprint density at radius 2 is 2.39 bits per heavy atom. The normalized spacial score (nSPS) is 11.6. The average molecular weight is 267 g/mol. The van der Waals surface area contributed by atoms with Crippen LogP contribution in [-0.2, 0) is 4.74 Å². The molecule has 1 amide bonds. The van der Waals surface area contributed by atoms with Crippen molar-refractivity contribution in [3.63, 3.8) is 0 Å². The Balaban J connectivity index is 2.71. The number of hydrogen-bond donors (Lipinski definition) is 1. The van der Waals surface area contributed by atoms with Crippen molar-refractivity contribution in [1.29, 1.82) is 5.26 Å². The van der Waals surface area contributed by atoms with E-state index in [-0.39, 0.29) is 11.9 Å². The Kier molecular flexibility index (Phi) is 6.20. The van der Waals surface area contributed by atoms with Gasteiger partial charge in [0.1, 0.15) is 0 Å². The largest absolute Gasteiger partial charge is 0.383 e. The van der Waals surface area contributed by atoms with Crippen molar-refractivity contribution in [2.75, 3.05) is 19.6 Å². The van der Waals surface area contributed by atoms with Crippen molar-refractivity contribution in [3.8, 4) is 6.07 Å². The van der Waals surface area contributed by atoms with Gasteiger partial charge in [-0.15, -0.1) is 11.6 Å². The van der Waals surface area contributed by atoms with Crippen molar-refractivity contribution in [2.45, 2.75) is 12.5 Å². The SMILES string of the molecule is COCC(CCCl)NC(=O)c1cccc(C#N)c1. The van der Waals surface area contributed by atoms with Crippen LogP contribution in [0.5, 0.6) is 0 Å². The molecule has 0 aliphatic heterocycles. The summed E-state index contributed by atoms with van der Waals surface area (Å²) in [5.41, 5.74) is 0.924. The zero-order valence-electron chi connectivity index (χ0n) is 10.1. The summed E-state index contributed by atoms with van der Waals surface area (Å²) in [5, 5.41) is 11.6. The van der Waals surface area contributed by atoms with Gasteiger partial charge in [-0.05, 0) is 24.6 Å². The standard InChI is InChI=1S/C13H15ClN2O2/c1-18-9-12(5-6-14)16-13(17)11-4-2-3-10(7-11)8-15/h2-4,7,12H,5-6,9H2,1H3,(H,16,17). The molecule has 5 heteroatoms. The fraction of sp³-hybridized carbons (Fsp3) is 0.385. The van der Waals surface area contributed by atoms with E-state index in [1.54, 1.807) is 31.4 Å². The zero-order valence-corrected chi connectivity index (χ0v) is 10.9. The lowest BCUT2D eigenvalue weighted by Crippen LogP contribution is -2.38. The second kappa shape index (κ2) is 7.70.